The number of ketones is 1. The number of hydrogen-bond donors (Lipinski definition) is 1. The lowest BCUT2D eigenvalue weighted by molar-refractivity contribution is 0.0602. The van der Waals surface area contributed by atoms with Gasteiger partial charge in [0, 0.05) is 48.7 Å². The van der Waals surface area contributed by atoms with E-state index < -0.39 is 0 Å². The Hall–Kier alpha value is -3.23. The molecule has 0 spiro atoms. The number of carbonyl (C=O) groups is 2. The Morgan fingerprint density at radius 2 is 1.71 bits per heavy atom. The van der Waals surface area contributed by atoms with Crippen molar-refractivity contribution >= 4 is 51.1 Å². The number of esters is 1. The molecule has 0 saturated carbocycles. The van der Waals surface area contributed by atoms with Gasteiger partial charge in [-0.3, -0.25) is 4.79 Å². The molecule has 0 unspecified atom stereocenters. The van der Waals surface area contributed by atoms with E-state index in [-0.39, 0.29) is 11.8 Å². The molecule has 1 N–H and O–H groups in total. The van der Waals surface area contributed by atoms with Crippen LogP contribution in [0.15, 0.2) is 60.7 Å². The van der Waals surface area contributed by atoms with E-state index >= 15 is 0 Å². The van der Waals surface area contributed by atoms with Crippen LogP contribution in [0.25, 0.3) is 0 Å². The predicted molar refractivity (Wildman–Crippen MR) is 141 cm³/mol. The number of hydrogen-bond acceptors (Lipinski definition) is 6. The predicted octanol–water partition coefficient (Wildman–Crippen LogP) is 4.85. The Morgan fingerprint density at radius 3 is 2.32 bits per heavy atom. The molecule has 1 saturated heterocycles. The standard InChI is InChI=1S/C26H27N3O3S2/c1-18(30)20-8-10-21(11-9-20)28-12-14-29(15-13-28)26(33)27-24-23(25(31)32-2)17-22(34-24)16-19-6-4-3-5-7-19/h3-11,17H,12-16H2,1-2H3,(H,27,33). The highest BCUT2D eigenvalue weighted by Crippen LogP contribution is 2.31. The Morgan fingerprint density at radius 1 is 1.03 bits per heavy atom. The molecule has 4 rings (SSSR count). The summed E-state index contributed by atoms with van der Waals surface area (Å²) in [4.78, 5) is 29.4. The van der Waals surface area contributed by atoms with Gasteiger partial charge in [-0.2, -0.15) is 0 Å². The summed E-state index contributed by atoms with van der Waals surface area (Å²) in [5, 5.41) is 4.61. The van der Waals surface area contributed by atoms with Crippen molar-refractivity contribution in [3.05, 3.63) is 82.2 Å². The number of nitrogens with one attached hydrogen (secondary N) is 1. The zero-order valence-corrected chi connectivity index (χ0v) is 20.9. The maximum absolute atomic E-state index is 12.4. The first-order chi connectivity index (χ1) is 16.4. The summed E-state index contributed by atoms with van der Waals surface area (Å²) in [7, 11) is 1.39. The molecule has 1 aromatic heterocycles. The lowest BCUT2D eigenvalue weighted by Crippen LogP contribution is -2.50. The summed E-state index contributed by atoms with van der Waals surface area (Å²) in [6.45, 7) is 4.72. The molecule has 2 aromatic carbocycles. The second kappa shape index (κ2) is 10.8. The number of thiocarbonyl (C=S) groups is 1. The second-order valence-electron chi connectivity index (χ2n) is 8.12. The number of ether oxygens (including phenoxy) is 1. The number of anilines is 2. The van der Waals surface area contributed by atoms with Crippen molar-refractivity contribution in [2.45, 2.75) is 13.3 Å². The fourth-order valence-corrected chi connectivity index (χ4v) is 5.36. The summed E-state index contributed by atoms with van der Waals surface area (Å²) in [5.74, 6) is -0.306. The zero-order chi connectivity index (χ0) is 24.1. The summed E-state index contributed by atoms with van der Waals surface area (Å²) in [6, 6.07) is 19.8. The Labute approximate surface area is 209 Å². The molecule has 0 radical (unpaired) electrons. The average Bonchev–Trinajstić information content (AvgIpc) is 3.26. The number of benzene rings is 2. The van der Waals surface area contributed by atoms with Gasteiger partial charge in [0.1, 0.15) is 5.00 Å². The highest BCUT2D eigenvalue weighted by molar-refractivity contribution is 7.80. The van der Waals surface area contributed by atoms with Crippen molar-refractivity contribution in [1.82, 2.24) is 4.90 Å². The van der Waals surface area contributed by atoms with Gasteiger partial charge in [-0.1, -0.05) is 30.3 Å². The number of nitrogens with zero attached hydrogens (tertiary/aromatic N) is 2. The van der Waals surface area contributed by atoms with Crippen LogP contribution in [0.1, 0.15) is 38.1 Å². The molecule has 8 heteroatoms. The molecular weight excluding hydrogens is 466 g/mol. The fraction of sp³-hybridized carbons (Fsp3) is 0.269. The molecule has 0 bridgehead atoms. The third-order valence-electron chi connectivity index (χ3n) is 5.84. The minimum atomic E-state index is -0.375. The number of methoxy groups -OCH3 is 1. The number of Topliss-reactive ketones (excluding diaryl/α,β-unsaturated/α-hetero) is 1. The van der Waals surface area contributed by atoms with Gasteiger partial charge in [-0.15, -0.1) is 11.3 Å². The topological polar surface area (TPSA) is 61.9 Å². The number of piperazine rings is 1. The molecule has 176 valence electrons. The van der Waals surface area contributed by atoms with E-state index in [2.05, 4.69) is 27.2 Å². The van der Waals surface area contributed by atoms with Crippen molar-refractivity contribution < 1.29 is 14.3 Å². The second-order valence-corrected chi connectivity index (χ2v) is 9.64. The Kier molecular flexibility index (Phi) is 7.59. The molecule has 1 fully saturated rings. The van der Waals surface area contributed by atoms with E-state index in [0.717, 1.165) is 48.7 Å². The monoisotopic (exact) mass is 493 g/mol. The largest absolute Gasteiger partial charge is 0.465 e. The first-order valence-electron chi connectivity index (χ1n) is 11.1. The van der Waals surface area contributed by atoms with Gasteiger partial charge < -0.3 is 19.9 Å². The summed E-state index contributed by atoms with van der Waals surface area (Å²) >= 11 is 7.22. The molecule has 0 amide bonds. The van der Waals surface area contributed by atoms with E-state index in [4.69, 9.17) is 17.0 Å². The van der Waals surface area contributed by atoms with E-state index in [1.165, 1.54) is 24.0 Å². The molecule has 0 atom stereocenters. The lowest BCUT2D eigenvalue weighted by atomic mass is 10.1. The van der Waals surface area contributed by atoms with E-state index in [1.807, 2.05) is 48.5 Å². The first-order valence-corrected chi connectivity index (χ1v) is 12.3. The van der Waals surface area contributed by atoms with E-state index in [1.54, 1.807) is 6.92 Å². The van der Waals surface area contributed by atoms with Crippen LogP contribution in [0.3, 0.4) is 0 Å². The van der Waals surface area contributed by atoms with Crippen molar-refractivity contribution in [1.29, 1.82) is 0 Å². The van der Waals surface area contributed by atoms with Crippen LogP contribution >= 0.6 is 23.6 Å². The minimum absolute atomic E-state index is 0.0691. The number of thiophene rings is 1. The Balaban J connectivity index is 1.40. The van der Waals surface area contributed by atoms with Crippen LogP contribution in [0.5, 0.6) is 0 Å². The average molecular weight is 494 g/mol. The van der Waals surface area contributed by atoms with Crippen LogP contribution in [0.4, 0.5) is 10.7 Å². The number of rotatable bonds is 6. The van der Waals surface area contributed by atoms with Gasteiger partial charge in [0.2, 0.25) is 0 Å². The Bertz CT molecular complexity index is 1170. The highest BCUT2D eigenvalue weighted by atomic mass is 32.1. The molecule has 2 heterocycles. The third-order valence-corrected chi connectivity index (χ3v) is 7.25. The lowest BCUT2D eigenvalue weighted by Gasteiger charge is -2.37. The first kappa shape index (κ1) is 23.9. The molecule has 34 heavy (non-hydrogen) atoms. The molecule has 1 aliphatic rings. The highest BCUT2D eigenvalue weighted by Gasteiger charge is 2.23. The smallest absolute Gasteiger partial charge is 0.340 e. The van der Waals surface area contributed by atoms with Gasteiger partial charge in [-0.25, -0.2) is 4.79 Å². The molecular formula is C26H27N3O3S2. The third kappa shape index (κ3) is 5.63. The summed E-state index contributed by atoms with van der Waals surface area (Å²) in [6.07, 6.45) is 0.741. The quantitative estimate of drug-likeness (QED) is 0.299. The van der Waals surface area contributed by atoms with Gasteiger partial charge in [0.15, 0.2) is 10.9 Å². The number of carbonyl (C=O) groups excluding carboxylic acids is 2. The van der Waals surface area contributed by atoms with Crippen LogP contribution in [0.2, 0.25) is 0 Å². The minimum Gasteiger partial charge on any atom is -0.465 e. The molecule has 0 aliphatic carbocycles. The molecule has 1 aliphatic heterocycles. The van der Waals surface area contributed by atoms with Crippen LogP contribution in [-0.2, 0) is 11.2 Å². The maximum Gasteiger partial charge on any atom is 0.340 e. The SMILES string of the molecule is COC(=O)c1cc(Cc2ccccc2)sc1NC(=S)N1CCN(c2ccc(C(C)=O)cc2)CC1. The van der Waals surface area contributed by atoms with Crippen molar-refractivity contribution in [2.75, 3.05) is 43.5 Å². The van der Waals surface area contributed by atoms with Crippen molar-refractivity contribution in [2.24, 2.45) is 0 Å². The molecule has 6 nitrogen and oxygen atoms in total. The van der Waals surface area contributed by atoms with Gasteiger partial charge >= 0.3 is 5.97 Å². The van der Waals surface area contributed by atoms with Crippen LogP contribution in [-0.4, -0.2) is 55.1 Å². The van der Waals surface area contributed by atoms with E-state index in [0.29, 0.717) is 15.7 Å². The van der Waals surface area contributed by atoms with Gasteiger partial charge in [0.25, 0.3) is 0 Å². The van der Waals surface area contributed by atoms with Crippen LogP contribution in [0, 0.1) is 0 Å². The van der Waals surface area contributed by atoms with Crippen LogP contribution < -0.4 is 10.2 Å². The van der Waals surface area contributed by atoms with Gasteiger partial charge in [-0.05, 0) is 55.0 Å². The van der Waals surface area contributed by atoms with E-state index in [9.17, 15) is 9.59 Å². The summed E-state index contributed by atoms with van der Waals surface area (Å²) < 4.78 is 5.00. The maximum atomic E-state index is 12.4. The van der Waals surface area contributed by atoms with Crippen molar-refractivity contribution in [3.8, 4) is 0 Å². The normalized spacial score (nSPS) is 13.5. The molecule has 3 aromatic rings. The zero-order valence-electron chi connectivity index (χ0n) is 19.2. The fourth-order valence-electron chi connectivity index (χ4n) is 3.93. The summed E-state index contributed by atoms with van der Waals surface area (Å²) in [5.41, 5.74) is 3.50. The van der Waals surface area contributed by atoms with Gasteiger partial charge in [0.05, 0.1) is 12.7 Å². The van der Waals surface area contributed by atoms with Crippen molar-refractivity contribution in [3.63, 3.8) is 0 Å².